The van der Waals surface area contributed by atoms with E-state index in [0.29, 0.717) is 24.4 Å². The van der Waals surface area contributed by atoms with Crippen LogP contribution in [0.25, 0.3) is 5.65 Å². The van der Waals surface area contributed by atoms with Crippen molar-refractivity contribution in [2.45, 2.75) is 25.0 Å². The van der Waals surface area contributed by atoms with Gasteiger partial charge in [0.2, 0.25) is 0 Å². The molecule has 0 spiro atoms. The Morgan fingerprint density at radius 1 is 1.33 bits per heavy atom. The summed E-state index contributed by atoms with van der Waals surface area (Å²) in [4.78, 5) is 18.9. The number of aromatic nitrogens is 3. The van der Waals surface area contributed by atoms with E-state index in [4.69, 9.17) is 5.11 Å². The predicted molar refractivity (Wildman–Crippen MR) is 104 cm³/mol. The van der Waals surface area contributed by atoms with Crippen molar-refractivity contribution in [3.05, 3.63) is 59.4 Å². The Morgan fingerprint density at radius 3 is 2.97 bits per heavy atom. The van der Waals surface area contributed by atoms with Gasteiger partial charge in [-0.1, -0.05) is 0 Å². The first kappa shape index (κ1) is 20.2. The van der Waals surface area contributed by atoms with Gasteiger partial charge in [0.05, 0.1) is 24.9 Å². The summed E-state index contributed by atoms with van der Waals surface area (Å²) in [7, 11) is 0. The molecule has 1 fully saturated rings. The Kier molecular flexibility index (Phi) is 5.60. The fourth-order valence-corrected chi connectivity index (χ4v) is 3.68. The zero-order chi connectivity index (χ0) is 21.3. The van der Waals surface area contributed by atoms with Gasteiger partial charge in [0, 0.05) is 24.8 Å². The van der Waals surface area contributed by atoms with E-state index in [1.807, 2.05) is 4.90 Å². The molecule has 3 N–H and O–H groups in total. The number of benzene rings is 1. The number of aliphatic hydroxyl groups excluding tert-OH is 2. The molecule has 2 unspecified atom stereocenters. The van der Waals surface area contributed by atoms with Gasteiger partial charge >= 0.3 is 0 Å². The molecule has 0 radical (unpaired) electrons. The van der Waals surface area contributed by atoms with Crippen LogP contribution in [-0.2, 0) is 0 Å². The van der Waals surface area contributed by atoms with Gasteiger partial charge in [0.1, 0.15) is 23.0 Å². The molecule has 0 saturated carbocycles. The van der Waals surface area contributed by atoms with E-state index in [-0.39, 0.29) is 23.7 Å². The second kappa shape index (κ2) is 8.33. The Hall–Kier alpha value is -3.11. The first-order valence-corrected chi connectivity index (χ1v) is 9.61. The number of hydrogen-bond donors (Lipinski definition) is 3. The second-order valence-electron chi connectivity index (χ2n) is 7.18. The largest absolute Gasteiger partial charge is 0.394 e. The second-order valence-corrected chi connectivity index (χ2v) is 7.18. The third-order valence-corrected chi connectivity index (χ3v) is 5.17. The van der Waals surface area contributed by atoms with E-state index in [1.165, 1.54) is 16.8 Å². The van der Waals surface area contributed by atoms with Crippen molar-refractivity contribution in [3.63, 3.8) is 0 Å². The lowest BCUT2D eigenvalue weighted by atomic mass is 10.0. The molecule has 30 heavy (non-hydrogen) atoms. The Morgan fingerprint density at radius 2 is 2.17 bits per heavy atom. The maximum absolute atomic E-state index is 14.3. The molecule has 4 rings (SSSR count). The fourth-order valence-electron chi connectivity index (χ4n) is 3.68. The number of aliphatic hydroxyl groups is 2. The summed E-state index contributed by atoms with van der Waals surface area (Å²) in [5.74, 6) is -0.933. The van der Waals surface area contributed by atoms with Crippen molar-refractivity contribution in [1.29, 1.82) is 0 Å². The predicted octanol–water partition coefficient (Wildman–Crippen LogP) is 1.43. The minimum absolute atomic E-state index is 0.112. The number of carbonyl (C=O) groups excluding carboxylic acids is 1. The van der Waals surface area contributed by atoms with Crippen molar-refractivity contribution >= 4 is 17.4 Å². The van der Waals surface area contributed by atoms with Crippen LogP contribution in [0.3, 0.4) is 0 Å². The maximum atomic E-state index is 14.3. The first-order valence-electron chi connectivity index (χ1n) is 9.61. The number of fused-ring (bicyclic) bond motifs is 1. The minimum atomic E-state index is -1.06. The van der Waals surface area contributed by atoms with Crippen LogP contribution in [0, 0.1) is 11.6 Å². The molecule has 1 amide bonds. The number of nitrogens with zero attached hydrogens (tertiary/aromatic N) is 4. The summed E-state index contributed by atoms with van der Waals surface area (Å²) < 4.78 is 29.5. The highest BCUT2D eigenvalue weighted by atomic mass is 19.1. The third kappa shape index (κ3) is 3.83. The van der Waals surface area contributed by atoms with Crippen LogP contribution in [0.5, 0.6) is 0 Å². The zero-order valence-electron chi connectivity index (χ0n) is 16.0. The molecule has 1 saturated heterocycles. The van der Waals surface area contributed by atoms with Gasteiger partial charge in [0.15, 0.2) is 5.65 Å². The molecular formula is C20H21F2N5O3. The van der Waals surface area contributed by atoms with Crippen LogP contribution < -0.4 is 10.2 Å². The molecule has 8 nitrogen and oxygen atoms in total. The number of anilines is 1. The van der Waals surface area contributed by atoms with E-state index in [1.54, 1.807) is 12.3 Å². The van der Waals surface area contributed by atoms with Crippen molar-refractivity contribution in [2.75, 3.05) is 24.6 Å². The fraction of sp³-hybridized carbons (Fsp3) is 0.350. The first-order chi connectivity index (χ1) is 14.5. The number of nitrogens with one attached hydrogen (secondary N) is 1. The number of rotatable bonds is 6. The minimum Gasteiger partial charge on any atom is -0.394 e. The Bertz CT molecular complexity index is 1070. The van der Waals surface area contributed by atoms with Gasteiger partial charge in [-0.05, 0) is 37.1 Å². The van der Waals surface area contributed by atoms with Crippen LogP contribution in [0.1, 0.15) is 34.8 Å². The van der Waals surface area contributed by atoms with Crippen LogP contribution in [0.4, 0.5) is 14.6 Å². The van der Waals surface area contributed by atoms with Gasteiger partial charge in [-0.2, -0.15) is 5.10 Å². The summed E-state index contributed by atoms with van der Waals surface area (Å²) in [5, 5.41) is 24.9. The van der Waals surface area contributed by atoms with Gasteiger partial charge < -0.3 is 20.4 Å². The lowest BCUT2D eigenvalue weighted by molar-refractivity contribution is 0.0803. The summed E-state index contributed by atoms with van der Waals surface area (Å²) in [6.45, 7) is 0.0337. The number of halogens is 2. The smallest absolute Gasteiger partial charge is 0.256 e. The lowest BCUT2D eigenvalue weighted by Gasteiger charge is -2.26. The third-order valence-electron chi connectivity index (χ3n) is 5.17. The molecule has 2 aromatic heterocycles. The van der Waals surface area contributed by atoms with Crippen LogP contribution >= 0.6 is 0 Å². The molecule has 1 aliphatic heterocycles. The summed E-state index contributed by atoms with van der Waals surface area (Å²) >= 11 is 0. The number of carbonyl (C=O) groups is 1. The molecule has 3 heterocycles. The summed E-state index contributed by atoms with van der Waals surface area (Å²) in [5.41, 5.74) is 0.780. The molecule has 158 valence electrons. The van der Waals surface area contributed by atoms with E-state index in [9.17, 15) is 18.7 Å². The van der Waals surface area contributed by atoms with E-state index in [0.717, 1.165) is 18.6 Å². The van der Waals surface area contributed by atoms with Crippen molar-refractivity contribution in [2.24, 2.45) is 0 Å². The molecule has 1 aromatic carbocycles. The molecular weight excluding hydrogens is 396 g/mol. The highest BCUT2D eigenvalue weighted by Crippen LogP contribution is 2.36. The molecule has 0 bridgehead atoms. The van der Waals surface area contributed by atoms with Gasteiger partial charge in [-0.3, -0.25) is 4.79 Å². The van der Waals surface area contributed by atoms with Crippen LogP contribution in [-0.4, -0.2) is 56.5 Å². The van der Waals surface area contributed by atoms with Gasteiger partial charge in [-0.25, -0.2) is 18.3 Å². The maximum Gasteiger partial charge on any atom is 0.256 e. The Balaban J connectivity index is 1.64. The van der Waals surface area contributed by atoms with Crippen LogP contribution in [0.15, 0.2) is 36.7 Å². The van der Waals surface area contributed by atoms with E-state index < -0.39 is 30.3 Å². The normalized spacial score (nSPS) is 17.5. The molecule has 10 heteroatoms. The standard InChI is InChI=1S/C20H21F2N5O3/c21-12-3-4-16(22)14(8-12)17-2-1-6-26(17)18-5-7-27-19(25-18)15(10-24-27)20(30)23-9-13(29)11-28/h3-5,7-8,10,13,17,28-29H,1-2,6,9,11H2,(H,23,30). The quantitative estimate of drug-likeness (QED) is 0.561. The number of amides is 1. The van der Waals surface area contributed by atoms with Crippen LogP contribution in [0.2, 0.25) is 0 Å². The molecule has 1 aliphatic rings. The highest BCUT2D eigenvalue weighted by Gasteiger charge is 2.30. The van der Waals surface area contributed by atoms with Crippen molar-refractivity contribution in [3.8, 4) is 0 Å². The average Bonchev–Trinajstić information content (AvgIpc) is 3.40. The van der Waals surface area contributed by atoms with Gasteiger partial charge in [0.25, 0.3) is 5.91 Å². The zero-order valence-corrected chi connectivity index (χ0v) is 16.0. The van der Waals surface area contributed by atoms with E-state index in [2.05, 4.69) is 15.4 Å². The summed E-state index contributed by atoms with van der Waals surface area (Å²) in [6.07, 6.45) is 3.39. The Labute approximate surface area is 170 Å². The topological polar surface area (TPSA) is 103 Å². The molecule has 0 aliphatic carbocycles. The van der Waals surface area contributed by atoms with Crippen molar-refractivity contribution in [1.82, 2.24) is 19.9 Å². The monoisotopic (exact) mass is 417 g/mol. The molecule has 2 atom stereocenters. The lowest BCUT2D eigenvalue weighted by Crippen LogP contribution is -2.33. The SMILES string of the molecule is O=C(NCC(O)CO)c1cnn2ccc(N3CCCC3c3cc(F)ccc3F)nc12. The van der Waals surface area contributed by atoms with Crippen molar-refractivity contribution < 1.29 is 23.8 Å². The highest BCUT2D eigenvalue weighted by molar-refractivity contribution is 5.99. The average molecular weight is 417 g/mol. The van der Waals surface area contributed by atoms with E-state index >= 15 is 0 Å². The van der Waals surface area contributed by atoms with Gasteiger partial charge in [-0.15, -0.1) is 0 Å². The number of hydrogen-bond acceptors (Lipinski definition) is 6. The summed E-state index contributed by atoms with van der Waals surface area (Å²) in [6, 6.07) is 4.77. The molecule has 3 aromatic rings.